The van der Waals surface area contributed by atoms with E-state index in [2.05, 4.69) is 10.6 Å². The zero-order valence-corrected chi connectivity index (χ0v) is 10.5. The third kappa shape index (κ3) is 4.21. The quantitative estimate of drug-likeness (QED) is 0.673. The number of aliphatic hydroxyl groups is 1. The molecule has 0 saturated carbocycles. The monoisotopic (exact) mass is 254 g/mol. The van der Waals surface area contributed by atoms with Crippen molar-refractivity contribution < 1.29 is 19.1 Å². The Morgan fingerprint density at radius 1 is 1.44 bits per heavy atom. The molecule has 0 aromatic carbocycles. The first-order valence-corrected chi connectivity index (χ1v) is 5.77. The first-order chi connectivity index (χ1) is 8.54. The molecule has 0 aliphatic heterocycles. The molecule has 2 amide bonds. The Morgan fingerprint density at radius 2 is 2.17 bits per heavy atom. The van der Waals surface area contributed by atoms with Gasteiger partial charge in [-0.05, 0) is 25.0 Å². The Hall–Kier alpha value is -1.82. The van der Waals surface area contributed by atoms with Crippen molar-refractivity contribution in [3.8, 4) is 0 Å². The van der Waals surface area contributed by atoms with Gasteiger partial charge in [-0.25, -0.2) is 0 Å². The van der Waals surface area contributed by atoms with Crippen LogP contribution in [0.5, 0.6) is 0 Å². The van der Waals surface area contributed by atoms with Crippen molar-refractivity contribution in [3.05, 3.63) is 24.2 Å². The van der Waals surface area contributed by atoms with Crippen molar-refractivity contribution in [2.75, 3.05) is 13.2 Å². The molecule has 1 aromatic heterocycles. The van der Waals surface area contributed by atoms with E-state index >= 15 is 0 Å². The lowest BCUT2D eigenvalue weighted by molar-refractivity contribution is -0.122. The lowest BCUT2D eigenvalue weighted by atomic mass is 10.2. The minimum atomic E-state index is -0.659. The lowest BCUT2D eigenvalue weighted by Gasteiger charge is -2.15. The molecule has 0 aliphatic carbocycles. The highest BCUT2D eigenvalue weighted by Gasteiger charge is 2.18. The van der Waals surface area contributed by atoms with Crippen LogP contribution in [0, 0.1) is 5.92 Å². The van der Waals surface area contributed by atoms with Crippen LogP contribution in [0.15, 0.2) is 22.8 Å². The van der Waals surface area contributed by atoms with Crippen molar-refractivity contribution in [1.82, 2.24) is 10.6 Å². The predicted octanol–water partition coefficient (Wildman–Crippen LogP) is 0.143. The number of nitrogens with one attached hydrogen (secondary N) is 2. The van der Waals surface area contributed by atoms with Crippen LogP contribution in [0.2, 0.25) is 0 Å². The number of hydrogen-bond acceptors (Lipinski definition) is 4. The summed E-state index contributed by atoms with van der Waals surface area (Å²) in [5.74, 6) is -0.576. The summed E-state index contributed by atoms with van der Waals surface area (Å²) in [6, 6.07) is 2.46. The Labute approximate surface area is 105 Å². The Kier molecular flexibility index (Phi) is 5.38. The Morgan fingerprint density at radius 3 is 2.72 bits per heavy atom. The van der Waals surface area contributed by atoms with Crippen molar-refractivity contribution in [1.29, 1.82) is 0 Å². The largest absolute Gasteiger partial charge is 0.459 e. The summed E-state index contributed by atoms with van der Waals surface area (Å²) in [7, 11) is 0. The summed E-state index contributed by atoms with van der Waals surface area (Å²) in [4.78, 5) is 23.2. The van der Waals surface area contributed by atoms with Crippen molar-refractivity contribution in [2.45, 2.75) is 19.9 Å². The van der Waals surface area contributed by atoms with E-state index in [9.17, 15) is 9.59 Å². The van der Waals surface area contributed by atoms with Crippen LogP contribution in [-0.2, 0) is 4.79 Å². The molecule has 1 aromatic rings. The van der Waals surface area contributed by atoms with E-state index in [1.165, 1.54) is 12.3 Å². The molecule has 1 heterocycles. The number of carbonyl (C=O) groups excluding carboxylic acids is 2. The molecule has 1 rings (SSSR count). The highest BCUT2D eigenvalue weighted by atomic mass is 16.3. The van der Waals surface area contributed by atoms with Crippen LogP contribution in [0.1, 0.15) is 24.4 Å². The summed E-state index contributed by atoms with van der Waals surface area (Å²) in [5.41, 5.74) is 0. The number of furan rings is 1. The average Bonchev–Trinajstić information content (AvgIpc) is 2.89. The van der Waals surface area contributed by atoms with Gasteiger partial charge in [-0.3, -0.25) is 9.59 Å². The van der Waals surface area contributed by atoms with Crippen LogP contribution in [-0.4, -0.2) is 36.1 Å². The molecule has 6 nitrogen and oxygen atoms in total. The van der Waals surface area contributed by atoms with E-state index in [0.29, 0.717) is 6.54 Å². The molecule has 0 bridgehead atoms. The van der Waals surface area contributed by atoms with Crippen LogP contribution in [0.4, 0.5) is 0 Å². The highest BCUT2D eigenvalue weighted by Crippen LogP contribution is 2.00. The summed E-state index contributed by atoms with van der Waals surface area (Å²) < 4.78 is 4.91. The third-order valence-corrected chi connectivity index (χ3v) is 2.42. The number of aliphatic hydroxyl groups excluding tert-OH is 1. The molecule has 6 heteroatoms. The van der Waals surface area contributed by atoms with Gasteiger partial charge in [0.05, 0.1) is 6.26 Å². The van der Waals surface area contributed by atoms with E-state index in [1.54, 1.807) is 13.0 Å². The summed E-state index contributed by atoms with van der Waals surface area (Å²) in [6.45, 7) is 3.77. The van der Waals surface area contributed by atoms with E-state index in [0.717, 1.165) is 0 Å². The van der Waals surface area contributed by atoms with E-state index in [-0.39, 0.29) is 24.2 Å². The van der Waals surface area contributed by atoms with Crippen molar-refractivity contribution in [3.63, 3.8) is 0 Å². The van der Waals surface area contributed by atoms with Gasteiger partial charge in [0.15, 0.2) is 5.76 Å². The number of rotatable bonds is 6. The van der Waals surface area contributed by atoms with Gasteiger partial charge in [0.2, 0.25) is 5.91 Å². The van der Waals surface area contributed by atoms with Crippen molar-refractivity contribution in [2.24, 2.45) is 5.92 Å². The molecule has 0 aliphatic rings. The Bertz CT molecular complexity index is 389. The van der Waals surface area contributed by atoms with Crippen LogP contribution in [0.25, 0.3) is 0 Å². The van der Waals surface area contributed by atoms with Gasteiger partial charge in [0, 0.05) is 13.2 Å². The van der Waals surface area contributed by atoms with E-state index in [1.807, 2.05) is 6.92 Å². The second-order valence-electron chi connectivity index (χ2n) is 4.21. The number of hydrogen-bond donors (Lipinski definition) is 3. The van der Waals surface area contributed by atoms with Gasteiger partial charge < -0.3 is 20.2 Å². The van der Waals surface area contributed by atoms with Gasteiger partial charge in [0.1, 0.15) is 6.04 Å². The maximum atomic E-state index is 11.6. The summed E-state index contributed by atoms with van der Waals surface area (Å²) >= 11 is 0. The molecule has 0 spiro atoms. The number of amides is 2. The molecule has 0 fully saturated rings. The zero-order valence-electron chi connectivity index (χ0n) is 10.5. The summed E-state index contributed by atoms with van der Waals surface area (Å²) in [5, 5.41) is 14.0. The van der Waals surface area contributed by atoms with Gasteiger partial charge in [-0.1, -0.05) is 6.92 Å². The molecular weight excluding hydrogens is 236 g/mol. The molecule has 0 radical (unpaired) electrons. The zero-order chi connectivity index (χ0) is 13.5. The van der Waals surface area contributed by atoms with E-state index < -0.39 is 11.9 Å². The molecule has 18 heavy (non-hydrogen) atoms. The standard InChI is InChI=1S/C12H18N2O4/c1-8(7-15)6-13-11(16)9(2)14-12(17)10-4-3-5-18-10/h3-5,8-9,15H,6-7H2,1-2H3,(H,13,16)(H,14,17). The van der Waals surface area contributed by atoms with Gasteiger partial charge in [0.25, 0.3) is 5.91 Å². The fourth-order valence-corrected chi connectivity index (χ4v) is 1.23. The molecule has 100 valence electrons. The fourth-order valence-electron chi connectivity index (χ4n) is 1.23. The van der Waals surface area contributed by atoms with Crippen LogP contribution < -0.4 is 10.6 Å². The molecule has 2 atom stereocenters. The first-order valence-electron chi connectivity index (χ1n) is 5.77. The second-order valence-corrected chi connectivity index (χ2v) is 4.21. The van der Waals surface area contributed by atoms with Crippen LogP contribution in [0.3, 0.4) is 0 Å². The smallest absolute Gasteiger partial charge is 0.287 e. The minimum Gasteiger partial charge on any atom is -0.459 e. The number of carbonyl (C=O) groups is 2. The Balaban J connectivity index is 2.38. The highest BCUT2D eigenvalue weighted by molar-refractivity contribution is 5.95. The average molecular weight is 254 g/mol. The lowest BCUT2D eigenvalue weighted by Crippen LogP contribution is -2.45. The van der Waals surface area contributed by atoms with Gasteiger partial charge >= 0.3 is 0 Å². The van der Waals surface area contributed by atoms with Crippen molar-refractivity contribution >= 4 is 11.8 Å². The van der Waals surface area contributed by atoms with Gasteiger partial charge in [-0.2, -0.15) is 0 Å². The van der Waals surface area contributed by atoms with Crippen LogP contribution >= 0.6 is 0 Å². The molecular formula is C12H18N2O4. The molecule has 3 N–H and O–H groups in total. The topological polar surface area (TPSA) is 91.6 Å². The fraction of sp³-hybridized carbons (Fsp3) is 0.500. The molecule has 0 saturated heterocycles. The predicted molar refractivity (Wildman–Crippen MR) is 64.9 cm³/mol. The SMILES string of the molecule is CC(CO)CNC(=O)C(C)NC(=O)c1ccco1. The first kappa shape index (κ1) is 14.2. The maximum Gasteiger partial charge on any atom is 0.287 e. The molecule has 2 unspecified atom stereocenters. The second kappa shape index (κ2) is 6.80. The van der Waals surface area contributed by atoms with Gasteiger partial charge in [-0.15, -0.1) is 0 Å². The summed E-state index contributed by atoms with van der Waals surface area (Å²) in [6.07, 6.45) is 1.39. The minimum absolute atomic E-state index is 0.00736. The normalized spacial score (nSPS) is 13.7. The third-order valence-electron chi connectivity index (χ3n) is 2.42. The maximum absolute atomic E-state index is 11.6. The van der Waals surface area contributed by atoms with E-state index in [4.69, 9.17) is 9.52 Å².